The van der Waals surface area contributed by atoms with E-state index in [0.717, 1.165) is 24.7 Å². The predicted molar refractivity (Wildman–Crippen MR) is 101 cm³/mol. The summed E-state index contributed by atoms with van der Waals surface area (Å²) in [6.45, 7) is 0.776. The molecule has 2 aromatic carbocycles. The number of nitro groups is 1. The number of hydrogen-bond acceptors (Lipinski definition) is 6. The molecule has 1 amide bonds. The smallest absolute Gasteiger partial charge is 0.338 e. The maximum atomic E-state index is 11.9. The van der Waals surface area contributed by atoms with E-state index < -0.39 is 23.4 Å². The Morgan fingerprint density at radius 3 is 2.59 bits per heavy atom. The van der Waals surface area contributed by atoms with Crippen LogP contribution in [0.5, 0.6) is 0 Å². The van der Waals surface area contributed by atoms with Crippen LogP contribution < -0.4 is 10.2 Å². The molecule has 0 aliphatic carbocycles. The van der Waals surface area contributed by atoms with Crippen molar-refractivity contribution in [3.05, 3.63) is 70.3 Å². The number of rotatable bonds is 9. The standard InChI is InChI=1S/C19H21N3O5/c1-21(16-8-3-2-4-9-16)12-6-11-20-18(23)14-27-19(24)15-7-5-10-17(13-15)22(25)26/h2-5,7-10,13H,6,11-12,14H2,1H3,(H,20,23). The summed E-state index contributed by atoms with van der Waals surface area (Å²) in [5, 5.41) is 13.4. The van der Waals surface area contributed by atoms with E-state index in [1.807, 2.05) is 37.4 Å². The van der Waals surface area contributed by atoms with Gasteiger partial charge in [-0.25, -0.2) is 4.79 Å². The van der Waals surface area contributed by atoms with Crippen LogP contribution in [0.1, 0.15) is 16.8 Å². The molecule has 0 bridgehead atoms. The van der Waals surface area contributed by atoms with Gasteiger partial charge in [0, 0.05) is 38.0 Å². The molecule has 0 saturated carbocycles. The molecule has 1 N–H and O–H groups in total. The summed E-state index contributed by atoms with van der Waals surface area (Å²) < 4.78 is 4.89. The van der Waals surface area contributed by atoms with Crippen molar-refractivity contribution in [2.24, 2.45) is 0 Å². The van der Waals surface area contributed by atoms with Crippen LogP contribution in [0.2, 0.25) is 0 Å². The summed E-state index contributed by atoms with van der Waals surface area (Å²) in [6, 6.07) is 15.1. The van der Waals surface area contributed by atoms with Gasteiger partial charge in [-0.1, -0.05) is 24.3 Å². The number of para-hydroxylation sites is 1. The number of esters is 1. The molecule has 0 aromatic heterocycles. The highest BCUT2D eigenvalue weighted by atomic mass is 16.6. The van der Waals surface area contributed by atoms with E-state index in [0.29, 0.717) is 6.54 Å². The first-order valence-electron chi connectivity index (χ1n) is 8.42. The Balaban J connectivity index is 1.68. The largest absolute Gasteiger partial charge is 0.452 e. The van der Waals surface area contributed by atoms with E-state index in [1.165, 1.54) is 18.2 Å². The summed E-state index contributed by atoms with van der Waals surface area (Å²) in [6.07, 6.45) is 0.732. The molecule has 0 fully saturated rings. The lowest BCUT2D eigenvalue weighted by atomic mass is 10.2. The van der Waals surface area contributed by atoms with Gasteiger partial charge in [-0.2, -0.15) is 0 Å². The second kappa shape index (κ2) is 9.91. The van der Waals surface area contributed by atoms with E-state index >= 15 is 0 Å². The zero-order chi connectivity index (χ0) is 19.6. The van der Waals surface area contributed by atoms with Crippen LogP contribution >= 0.6 is 0 Å². The predicted octanol–water partition coefficient (Wildman–Crippen LogP) is 2.39. The molecule has 27 heavy (non-hydrogen) atoms. The molecule has 0 unspecified atom stereocenters. The van der Waals surface area contributed by atoms with Gasteiger partial charge in [0.05, 0.1) is 10.5 Å². The Bertz CT molecular complexity index is 795. The fourth-order valence-corrected chi connectivity index (χ4v) is 2.37. The molecule has 0 saturated heterocycles. The van der Waals surface area contributed by atoms with Gasteiger partial charge in [-0.3, -0.25) is 14.9 Å². The number of amides is 1. The summed E-state index contributed by atoms with van der Waals surface area (Å²) >= 11 is 0. The molecule has 0 aliphatic rings. The second-order valence-electron chi connectivity index (χ2n) is 5.84. The number of nitrogens with one attached hydrogen (secondary N) is 1. The zero-order valence-corrected chi connectivity index (χ0v) is 15.0. The highest BCUT2D eigenvalue weighted by Crippen LogP contribution is 2.14. The van der Waals surface area contributed by atoms with Crippen molar-refractivity contribution in [3.8, 4) is 0 Å². The number of nitro benzene ring substituents is 1. The average Bonchev–Trinajstić information content (AvgIpc) is 2.70. The lowest BCUT2D eigenvalue weighted by Gasteiger charge is -2.19. The van der Waals surface area contributed by atoms with Gasteiger partial charge < -0.3 is 15.0 Å². The lowest BCUT2D eigenvalue weighted by Crippen LogP contribution is -2.31. The topological polar surface area (TPSA) is 102 Å². The van der Waals surface area contributed by atoms with E-state index in [1.54, 1.807) is 0 Å². The van der Waals surface area contributed by atoms with Crippen molar-refractivity contribution in [1.82, 2.24) is 5.32 Å². The zero-order valence-electron chi connectivity index (χ0n) is 15.0. The third-order valence-electron chi connectivity index (χ3n) is 3.82. The number of non-ortho nitro benzene ring substituents is 1. The first-order valence-corrected chi connectivity index (χ1v) is 8.42. The Morgan fingerprint density at radius 1 is 1.15 bits per heavy atom. The Kier molecular flexibility index (Phi) is 7.30. The minimum atomic E-state index is -0.780. The minimum absolute atomic E-state index is 0.0292. The average molecular weight is 371 g/mol. The van der Waals surface area contributed by atoms with Gasteiger partial charge in [0.2, 0.25) is 0 Å². The van der Waals surface area contributed by atoms with Crippen molar-refractivity contribution in [1.29, 1.82) is 0 Å². The Morgan fingerprint density at radius 2 is 1.89 bits per heavy atom. The van der Waals surface area contributed by atoms with E-state index in [9.17, 15) is 19.7 Å². The summed E-state index contributed by atoms with van der Waals surface area (Å²) in [5.41, 5.74) is 0.910. The third kappa shape index (κ3) is 6.43. The number of nitrogens with zero attached hydrogens (tertiary/aromatic N) is 2. The van der Waals surface area contributed by atoms with Crippen LogP contribution in [-0.4, -0.2) is 43.5 Å². The molecule has 142 valence electrons. The fourth-order valence-electron chi connectivity index (χ4n) is 2.37. The van der Waals surface area contributed by atoms with Gasteiger partial charge in [0.25, 0.3) is 11.6 Å². The van der Waals surface area contributed by atoms with Crippen LogP contribution in [0.25, 0.3) is 0 Å². The number of anilines is 1. The molecule has 8 nitrogen and oxygen atoms in total. The highest BCUT2D eigenvalue weighted by molar-refractivity contribution is 5.91. The summed E-state index contributed by atoms with van der Waals surface area (Å²) in [5.74, 6) is -1.20. The van der Waals surface area contributed by atoms with E-state index in [4.69, 9.17) is 4.74 Å². The molecule has 8 heteroatoms. The molecule has 0 radical (unpaired) electrons. The number of carbonyl (C=O) groups is 2. The Hall–Kier alpha value is -3.42. The molecule has 2 aromatic rings. The molecule has 0 spiro atoms. The van der Waals surface area contributed by atoms with Gasteiger partial charge >= 0.3 is 5.97 Å². The fraction of sp³-hybridized carbons (Fsp3) is 0.263. The van der Waals surface area contributed by atoms with Crippen LogP contribution in [0.3, 0.4) is 0 Å². The Labute approximate surface area is 156 Å². The van der Waals surface area contributed by atoms with Crippen molar-refractivity contribution in [2.75, 3.05) is 31.6 Å². The minimum Gasteiger partial charge on any atom is -0.452 e. The van der Waals surface area contributed by atoms with Crippen molar-refractivity contribution in [3.63, 3.8) is 0 Å². The molecule has 2 rings (SSSR count). The van der Waals surface area contributed by atoms with E-state index in [2.05, 4.69) is 10.2 Å². The normalized spacial score (nSPS) is 10.1. The first-order chi connectivity index (χ1) is 13.0. The van der Waals surface area contributed by atoms with E-state index in [-0.39, 0.29) is 11.3 Å². The SMILES string of the molecule is CN(CCCNC(=O)COC(=O)c1cccc([N+](=O)[O-])c1)c1ccccc1. The maximum Gasteiger partial charge on any atom is 0.338 e. The third-order valence-corrected chi connectivity index (χ3v) is 3.82. The molecular formula is C19H21N3O5. The number of carbonyl (C=O) groups excluding carboxylic acids is 2. The number of ether oxygens (including phenoxy) is 1. The first kappa shape index (κ1) is 19.9. The number of hydrogen-bond donors (Lipinski definition) is 1. The van der Waals surface area contributed by atoms with Gasteiger partial charge in [-0.15, -0.1) is 0 Å². The van der Waals surface area contributed by atoms with Crippen molar-refractivity contribution in [2.45, 2.75) is 6.42 Å². The second-order valence-corrected chi connectivity index (χ2v) is 5.84. The van der Waals surface area contributed by atoms with Gasteiger partial charge in [0.1, 0.15) is 0 Å². The van der Waals surface area contributed by atoms with Crippen molar-refractivity contribution < 1.29 is 19.2 Å². The lowest BCUT2D eigenvalue weighted by molar-refractivity contribution is -0.384. The molecule has 0 heterocycles. The van der Waals surface area contributed by atoms with Gasteiger partial charge in [0.15, 0.2) is 6.61 Å². The summed E-state index contributed by atoms with van der Waals surface area (Å²) in [7, 11) is 1.97. The van der Waals surface area contributed by atoms with Crippen LogP contribution in [-0.2, 0) is 9.53 Å². The van der Waals surface area contributed by atoms with Gasteiger partial charge in [-0.05, 0) is 24.6 Å². The highest BCUT2D eigenvalue weighted by Gasteiger charge is 2.14. The molecular weight excluding hydrogens is 350 g/mol. The molecule has 0 atom stereocenters. The van der Waals surface area contributed by atoms with Crippen LogP contribution in [0.15, 0.2) is 54.6 Å². The van der Waals surface area contributed by atoms with Crippen LogP contribution in [0, 0.1) is 10.1 Å². The quantitative estimate of drug-likeness (QED) is 0.314. The monoisotopic (exact) mass is 371 g/mol. The molecule has 0 aliphatic heterocycles. The maximum absolute atomic E-state index is 11.9. The summed E-state index contributed by atoms with van der Waals surface area (Å²) in [4.78, 5) is 35.8. The van der Waals surface area contributed by atoms with Crippen molar-refractivity contribution >= 4 is 23.3 Å². The number of benzene rings is 2. The van der Waals surface area contributed by atoms with Crippen LogP contribution in [0.4, 0.5) is 11.4 Å².